The fraction of sp³-hybridized carbons (Fsp3) is 0.200. The number of halogens is 1. The third kappa shape index (κ3) is 2.78. The van der Waals surface area contributed by atoms with E-state index in [1.807, 2.05) is 12.1 Å². The van der Waals surface area contributed by atoms with E-state index < -0.39 is 0 Å². The number of hydrogen-bond donors (Lipinski definition) is 3. The van der Waals surface area contributed by atoms with E-state index in [2.05, 4.69) is 27.6 Å². The van der Waals surface area contributed by atoms with Crippen molar-refractivity contribution in [3.8, 4) is 0 Å². The van der Waals surface area contributed by atoms with E-state index in [-0.39, 0.29) is 5.91 Å². The predicted octanol–water partition coefficient (Wildman–Crippen LogP) is 2.46. The summed E-state index contributed by atoms with van der Waals surface area (Å²) < 4.78 is 0. The number of amides is 1. The number of aryl methyl sites for hydroxylation is 1. The van der Waals surface area contributed by atoms with Gasteiger partial charge in [-0.25, -0.2) is 0 Å². The molecule has 108 valence electrons. The maximum absolute atomic E-state index is 12.1. The smallest absolute Gasteiger partial charge is 0.290 e. The third-order valence-electron chi connectivity index (χ3n) is 3.54. The van der Waals surface area contributed by atoms with Gasteiger partial charge in [-0.2, -0.15) is 5.10 Å². The van der Waals surface area contributed by atoms with Crippen LogP contribution in [0.2, 0.25) is 5.02 Å². The molecule has 1 aliphatic carbocycles. The van der Waals surface area contributed by atoms with E-state index in [0.717, 1.165) is 36.1 Å². The molecule has 0 saturated carbocycles. The fourth-order valence-corrected chi connectivity index (χ4v) is 2.55. The fourth-order valence-electron chi connectivity index (χ4n) is 2.42. The number of hydrazine groups is 1. The quantitative estimate of drug-likeness (QED) is 0.760. The summed E-state index contributed by atoms with van der Waals surface area (Å²) in [7, 11) is 0. The van der Waals surface area contributed by atoms with E-state index in [0.29, 0.717) is 16.4 Å². The molecule has 0 radical (unpaired) electrons. The first-order valence-electron chi connectivity index (χ1n) is 6.72. The molecule has 0 saturated heterocycles. The van der Waals surface area contributed by atoms with Crippen molar-refractivity contribution >= 4 is 23.2 Å². The molecule has 1 amide bonds. The van der Waals surface area contributed by atoms with Gasteiger partial charge in [-0.15, -0.1) is 0 Å². The van der Waals surface area contributed by atoms with Gasteiger partial charge in [0.1, 0.15) is 0 Å². The number of nitrogens with zero attached hydrogens (tertiary/aromatic N) is 1. The van der Waals surface area contributed by atoms with Gasteiger partial charge in [-0.3, -0.25) is 20.7 Å². The van der Waals surface area contributed by atoms with Crippen LogP contribution in [-0.2, 0) is 12.8 Å². The topological polar surface area (TPSA) is 69.8 Å². The van der Waals surface area contributed by atoms with Crippen LogP contribution in [0.15, 0.2) is 30.8 Å². The molecule has 2 aromatic rings. The first-order chi connectivity index (χ1) is 10.1. The Morgan fingerprint density at radius 3 is 2.76 bits per heavy atom. The molecule has 0 atom stereocenters. The van der Waals surface area contributed by atoms with Crippen molar-refractivity contribution in [3.63, 3.8) is 0 Å². The highest BCUT2D eigenvalue weighted by molar-refractivity contribution is 6.30. The zero-order valence-corrected chi connectivity index (χ0v) is 12.1. The number of benzene rings is 1. The molecule has 1 aliphatic rings. The molecule has 1 aromatic heterocycles. The minimum Gasteiger partial charge on any atom is -0.298 e. The Morgan fingerprint density at radius 1 is 1.24 bits per heavy atom. The number of hydrogen-bond acceptors (Lipinski definition) is 3. The Hall–Kier alpha value is -2.27. The SMILES string of the molecule is C=C(NNC(=O)c1n[nH]c2c1CCC2)c1ccc(Cl)cc1. The molecular formula is C15H15ClN4O. The zero-order chi connectivity index (χ0) is 14.8. The molecule has 1 heterocycles. The van der Waals surface area contributed by atoms with Gasteiger partial charge in [-0.05, 0) is 37.0 Å². The van der Waals surface area contributed by atoms with Crippen LogP contribution in [0.4, 0.5) is 0 Å². The van der Waals surface area contributed by atoms with Crippen LogP contribution >= 0.6 is 11.6 Å². The van der Waals surface area contributed by atoms with Gasteiger partial charge in [0, 0.05) is 16.3 Å². The van der Waals surface area contributed by atoms with Gasteiger partial charge < -0.3 is 0 Å². The normalized spacial score (nSPS) is 12.8. The van der Waals surface area contributed by atoms with Gasteiger partial charge >= 0.3 is 0 Å². The van der Waals surface area contributed by atoms with Crippen molar-refractivity contribution in [3.05, 3.63) is 58.4 Å². The summed E-state index contributed by atoms with van der Waals surface area (Å²) in [5.41, 5.74) is 9.42. The number of carbonyl (C=O) groups is 1. The van der Waals surface area contributed by atoms with Gasteiger partial charge in [0.15, 0.2) is 5.69 Å². The van der Waals surface area contributed by atoms with Crippen molar-refractivity contribution in [1.29, 1.82) is 0 Å². The molecule has 0 spiro atoms. The number of H-pyrrole nitrogens is 1. The number of aromatic nitrogens is 2. The Balaban J connectivity index is 1.63. The summed E-state index contributed by atoms with van der Waals surface area (Å²) in [5, 5.41) is 7.65. The Morgan fingerprint density at radius 2 is 2.00 bits per heavy atom. The van der Waals surface area contributed by atoms with Crippen LogP contribution < -0.4 is 10.9 Å². The second-order valence-corrected chi connectivity index (χ2v) is 5.38. The predicted molar refractivity (Wildman–Crippen MR) is 81.7 cm³/mol. The monoisotopic (exact) mass is 302 g/mol. The van der Waals surface area contributed by atoms with Crippen molar-refractivity contribution in [2.75, 3.05) is 0 Å². The van der Waals surface area contributed by atoms with E-state index in [4.69, 9.17) is 11.6 Å². The highest BCUT2D eigenvalue weighted by atomic mass is 35.5. The highest BCUT2D eigenvalue weighted by Crippen LogP contribution is 2.22. The van der Waals surface area contributed by atoms with E-state index in [1.54, 1.807) is 12.1 Å². The van der Waals surface area contributed by atoms with Gasteiger partial charge in [-0.1, -0.05) is 30.3 Å². The molecule has 0 unspecified atom stereocenters. The summed E-state index contributed by atoms with van der Waals surface area (Å²) in [6.07, 6.45) is 2.92. The Bertz CT molecular complexity index is 690. The first kappa shape index (κ1) is 13.7. The summed E-state index contributed by atoms with van der Waals surface area (Å²) in [6.45, 7) is 3.88. The molecule has 3 N–H and O–H groups in total. The highest BCUT2D eigenvalue weighted by Gasteiger charge is 2.22. The molecule has 5 nitrogen and oxygen atoms in total. The number of rotatable bonds is 4. The van der Waals surface area contributed by atoms with Crippen LogP contribution in [0, 0.1) is 0 Å². The Labute approximate surface area is 127 Å². The van der Waals surface area contributed by atoms with Gasteiger partial charge in [0.25, 0.3) is 5.91 Å². The standard InChI is InChI=1S/C15H15ClN4O/c1-9(10-5-7-11(16)8-6-10)17-20-15(21)14-12-3-2-4-13(12)18-19-14/h5-8,17H,1-4H2,(H,18,19)(H,20,21). The lowest BCUT2D eigenvalue weighted by molar-refractivity contribution is 0.0936. The molecule has 1 aromatic carbocycles. The van der Waals surface area contributed by atoms with E-state index in [1.165, 1.54) is 0 Å². The van der Waals surface area contributed by atoms with Crippen LogP contribution in [-0.4, -0.2) is 16.1 Å². The van der Waals surface area contributed by atoms with E-state index >= 15 is 0 Å². The summed E-state index contributed by atoms with van der Waals surface area (Å²) in [4.78, 5) is 12.1. The number of fused-ring (bicyclic) bond motifs is 1. The van der Waals surface area contributed by atoms with E-state index in [9.17, 15) is 4.79 Å². The molecule has 3 rings (SSSR count). The van der Waals surface area contributed by atoms with Crippen LogP contribution in [0.3, 0.4) is 0 Å². The number of aromatic amines is 1. The maximum Gasteiger partial charge on any atom is 0.290 e. The van der Waals surface area contributed by atoms with Crippen LogP contribution in [0.5, 0.6) is 0 Å². The van der Waals surface area contributed by atoms with Crippen molar-refractivity contribution in [2.45, 2.75) is 19.3 Å². The van der Waals surface area contributed by atoms with Crippen LogP contribution in [0.25, 0.3) is 5.70 Å². The van der Waals surface area contributed by atoms with Crippen molar-refractivity contribution < 1.29 is 4.79 Å². The molecule has 0 fully saturated rings. The lowest BCUT2D eigenvalue weighted by Gasteiger charge is -2.10. The van der Waals surface area contributed by atoms with Crippen LogP contribution in [0.1, 0.15) is 33.7 Å². The molecule has 21 heavy (non-hydrogen) atoms. The molecule has 0 aliphatic heterocycles. The minimum absolute atomic E-state index is 0.260. The third-order valence-corrected chi connectivity index (χ3v) is 3.79. The molecule has 6 heteroatoms. The molecule has 0 bridgehead atoms. The van der Waals surface area contributed by atoms with Crippen molar-refractivity contribution in [1.82, 2.24) is 21.0 Å². The molecular weight excluding hydrogens is 288 g/mol. The summed E-state index contributed by atoms with van der Waals surface area (Å²) in [6, 6.07) is 7.20. The largest absolute Gasteiger partial charge is 0.298 e. The lowest BCUT2D eigenvalue weighted by Crippen LogP contribution is -2.36. The van der Waals surface area contributed by atoms with Crippen molar-refractivity contribution in [2.24, 2.45) is 0 Å². The number of nitrogens with one attached hydrogen (secondary N) is 3. The summed E-state index contributed by atoms with van der Waals surface area (Å²) in [5.74, 6) is -0.260. The lowest BCUT2D eigenvalue weighted by atomic mass is 10.2. The summed E-state index contributed by atoms with van der Waals surface area (Å²) >= 11 is 5.83. The average molecular weight is 303 g/mol. The second kappa shape index (κ2) is 5.61. The minimum atomic E-state index is -0.260. The number of carbonyl (C=O) groups excluding carboxylic acids is 1. The van der Waals surface area contributed by atoms with Gasteiger partial charge in [0.05, 0.1) is 5.70 Å². The first-order valence-corrected chi connectivity index (χ1v) is 7.10. The average Bonchev–Trinajstić information content (AvgIpc) is 3.08. The Kier molecular flexibility index (Phi) is 3.66. The second-order valence-electron chi connectivity index (χ2n) is 4.95. The van der Waals surface area contributed by atoms with Gasteiger partial charge in [0.2, 0.25) is 0 Å². The zero-order valence-electron chi connectivity index (χ0n) is 11.4. The maximum atomic E-state index is 12.1.